The van der Waals surface area contributed by atoms with Crippen LogP contribution in [0.3, 0.4) is 0 Å². The quantitative estimate of drug-likeness (QED) is 0.749. The van der Waals surface area contributed by atoms with Crippen LogP contribution in [0.25, 0.3) is 0 Å². The lowest BCUT2D eigenvalue weighted by molar-refractivity contribution is 0.0979. The van der Waals surface area contributed by atoms with E-state index in [2.05, 4.69) is 13.8 Å². The summed E-state index contributed by atoms with van der Waals surface area (Å²) >= 11 is 0. The van der Waals surface area contributed by atoms with Gasteiger partial charge in [0.15, 0.2) is 0 Å². The van der Waals surface area contributed by atoms with Crippen LogP contribution in [0.2, 0.25) is 0 Å². The van der Waals surface area contributed by atoms with Gasteiger partial charge >= 0.3 is 0 Å². The zero-order valence-corrected chi connectivity index (χ0v) is 11.5. The molecule has 2 rings (SSSR count). The molecule has 1 aliphatic rings. The minimum atomic E-state index is 0.304. The van der Waals surface area contributed by atoms with Crippen LogP contribution in [0.5, 0.6) is 5.75 Å². The predicted octanol–water partition coefficient (Wildman–Crippen LogP) is 4.16. The zero-order valence-electron chi connectivity index (χ0n) is 11.5. The molecular formula is C16H22O2. The lowest BCUT2D eigenvalue weighted by Crippen LogP contribution is -2.28. The van der Waals surface area contributed by atoms with Crippen molar-refractivity contribution >= 4 is 6.29 Å². The molecule has 0 aliphatic heterocycles. The van der Waals surface area contributed by atoms with Gasteiger partial charge < -0.3 is 4.74 Å². The van der Waals surface area contributed by atoms with E-state index in [0.29, 0.717) is 17.1 Å². The van der Waals surface area contributed by atoms with E-state index in [1.807, 2.05) is 25.1 Å². The Morgan fingerprint density at radius 2 is 1.94 bits per heavy atom. The molecule has 0 N–H and O–H groups in total. The number of hydrogen-bond acceptors (Lipinski definition) is 2. The van der Waals surface area contributed by atoms with Gasteiger partial charge in [-0.15, -0.1) is 0 Å². The highest BCUT2D eigenvalue weighted by Gasteiger charge is 2.27. The molecule has 0 saturated heterocycles. The van der Waals surface area contributed by atoms with Gasteiger partial charge in [0.25, 0.3) is 0 Å². The standard InChI is InChI=1S/C16H22O2/c1-12-4-5-13(11-17)10-15(12)18-14-6-8-16(2,3)9-7-14/h4-5,10-11,14H,6-9H2,1-3H3. The van der Waals surface area contributed by atoms with E-state index in [1.165, 1.54) is 12.8 Å². The van der Waals surface area contributed by atoms with Gasteiger partial charge in [-0.2, -0.15) is 0 Å². The maximum atomic E-state index is 10.8. The molecule has 1 saturated carbocycles. The summed E-state index contributed by atoms with van der Waals surface area (Å²) in [5, 5.41) is 0. The van der Waals surface area contributed by atoms with Crippen molar-refractivity contribution in [2.45, 2.75) is 52.6 Å². The Bertz CT molecular complexity index is 425. The number of carbonyl (C=O) groups excluding carboxylic acids is 1. The summed E-state index contributed by atoms with van der Waals surface area (Å²) in [7, 11) is 0. The molecule has 2 heteroatoms. The fourth-order valence-electron chi connectivity index (χ4n) is 2.49. The second kappa shape index (κ2) is 5.13. The topological polar surface area (TPSA) is 26.3 Å². The number of aldehydes is 1. The Labute approximate surface area is 109 Å². The molecule has 98 valence electrons. The summed E-state index contributed by atoms with van der Waals surface area (Å²) in [6.07, 6.45) is 5.82. The van der Waals surface area contributed by atoms with E-state index in [-0.39, 0.29) is 0 Å². The van der Waals surface area contributed by atoms with Crippen LogP contribution >= 0.6 is 0 Å². The van der Waals surface area contributed by atoms with Gasteiger partial charge in [-0.25, -0.2) is 0 Å². The van der Waals surface area contributed by atoms with Gasteiger partial charge in [-0.1, -0.05) is 26.0 Å². The Hall–Kier alpha value is -1.31. The average Bonchev–Trinajstić information content (AvgIpc) is 2.34. The van der Waals surface area contributed by atoms with E-state index in [4.69, 9.17) is 4.74 Å². The van der Waals surface area contributed by atoms with Crippen LogP contribution in [0.4, 0.5) is 0 Å². The number of carbonyl (C=O) groups is 1. The van der Waals surface area contributed by atoms with E-state index in [0.717, 1.165) is 30.4 Å². The highest BCUT2D eigenvalue weighted by molar-refractivity contribution is 5.75. The Kier molecular flexibility index (Phi) is 3.74. The van der Waals surface area contributed by atoms with Gasteiger partial charge in [0.1, 0.15) is 12.0 Å². The van der Waals surface area contributed by atoms with Crippen molar-refractivity contribution in [1.82, 2.24) is 0 Å². The number of aryl methyl sites for hydroxylation is 1. The van der Waals surface area contributed by atoms with E-state index in [9.17, 15) is 4.79 Å². The average molecular weight is 246 g/mol. The van der Waals surface area contributed by atoms with Gasteiger partial charge in [0.2, 0.25) is 0 Å². The van der Waals surface area contributed by atoms with E-state index >= 15 is 0 Å². The Morgan fingerprint density at radius 1 is 1.28 bits per heavy atom. The molecule has 0 radical (unpaired) electrons. The molecule has 1 aromatic carbocycles. The molecule has 0 bridgehead atoms. The summed E-state index contributed by atoms with van der Waals surface area (Å²) in [6, 6.07) is 5.63. The smallest absolute Gasteiger partial charge is 0.150 e. The van der Waals surface area contributed by atoms with Crippen molar-refractivity contribution in [3.63, 3.8) is 0 Å². The van der Waals surface area contributed by atoms with Crippen molar-refractivity contribution in [1.29, 1.82) is 0 Å². The van der Waals surface area contributed by atoms with Crippen molar-refractivity contribution in [3.8, 4) is 5.75 Å². The molecule has 1 fully saturated rings. The summed E-state index contributed by atoms with van der Waals surface area (Å²) in [5.74, 6) is 0.865. The van der Waals surface area contributed by atoms with Crippen LogP contribution < -0.4 is 4.74 Å². The van der Waals surface area contributed by atoms with Crippen LogP contribution in [-0.2, 0) is 0 Å². The van der Waals surface area contributed by atoms with Crippen LogP contribution in [0.1, 0.15) is 55.5 Å². The van der Waals surface area contributed by atoms with Crippen LogP contribution in [-0.4, -0.2) is 12.4 Å². The summed E-state index contributed by atoms with van der Waals surface area (Å²) in [4.78, 5) is 10.8. The highest BCUT2D eigenvalue weighted by atomic mass is 16.5. The second-order valence-electron chi connectivity index (χ2n) is 6.12. The molecule has 0 spiro atoms. The minimum absolute atomic E-state index is 0.304. The third kappa shape index (κ3) is 3.12. The van der Waals surface area contributed by atoms with E-state index in [1.54, 1.807) is 0 Å². The first-order chi connectivity index (χ1) is 8.50. The lowest BCUT2D eigenvalue weighted by Gasteiger charge is -2.34. The third-order valence-corrected chi connectivity index (χ3v) is 3.93. The monoisotopic (exact) mass is 246 g/mol. The minimum Gasteiger partial charge on any atom is -0.490 e. The first kappa shape index (κ1) is 13.1. The number of benzene rings is 1. The van der Waals surface area contributed by atoms with Crippen molar-refractivity contribution in [2.24, 2.45) is 5.41 Å². The molecule has 0 amide bonds. The molecule has 0 unspecified atom stereocenters. The fourth-order valence-corrected chi connectivity index (χ4v) is 2.49. The molecule has 18 heavy (non-hydrogen) atoms. The maximum absolute atomic E-state index is 10.8. The number of hydrogen-bond donors (Lipinski definition) is 0. The molecule has 1 aromatic rings. The normalized spacial score (nSPS) is 19.5. The molecule has 0 atom stereocenters. The predicted molar refractivity (Wildman–Crippen MR) is 73.2 cm³/mol. The maximum Gasteiger partial charge on any atom is 0.150 e. The lowest BCUT2D eigenvalue weighted by atomic mass is 9.76. The zero-order chi connectivity index (χ0) is 13.2. The van der Waals surface area contributed by atoms with Gasteiger partial charge in [0.05, 0.1) is 6.10 Å². The van der Waals surface area contributed by atoms with Crippen LogP contribution in [0.15, 0.2) is 18.2 Å². The number of ether oxygens (including phenoxy) is 1. The Morgan fingerprint density at radius 3 is 2.56 bits per heavy atom. The third-order valence-electron chi connectivity index (χ3n) is 3.93. The molecule has 1 aliphatic carbocycles. The van der Waals surface area contributed by atoms with Gasteiger partial charge in [-0.05, 0) is 49.7 Å². The molecule has 0 heterocycles. The SMILES string of the molecule is Cc1ccc(C=O)cc1OC1CCC(C)(C)CC1. The molecule has 2 nitrogen and oxygen atoms in total. The van der Waals surface area contributed by atoms with Crippen molar-refractivity contribution < 1.29 is 9.53 Å². The first-order valence-corrected chi connectivity index (χ1v) is 6.73. The van der Waals surface area contributed by atoms with Gasteiger partial charge in [0, 0.05) is 5.56 Å². The summed E-state index contributed by atoms with van der Waals surface area (Å²) < 4.78 is 6.06. The highest BCUT2D eigenvalue weighted by Crippen LogP contribution is 2.37. The van der Waals surface area contributed by atoms with Crippen molar-refractivity contribution in [2.75, 3.05) is 0 Å². The largest absolute Gasteiger partial charge is 0.490 e. The van der Waals surface area contributed by atoms with E-state index < -0.39 is 0 Å². The summed E-state index contributed by atoms with van der Waals surface area (Å²) in [5.41, 5.74) is 2.25. The van der Waals surface area contributed by atoms with Crippen LogP contribution in [0, 0.1) is 12.3 Å². The van der Waals surface area contributed by atoms with Crippen molar-refractivity contribution in [3.05, 3.63) is 29.3 Å². The number of rotatable bonds is 3. The van der Waals surface area contributed by atoms with Gasteiger partial charge in [-0.3, -0.25) is 4.79 Å². The molecule has 0 aromatic heterocycles. The Balaban J connectivity index is 2.04. The first-order valence-electron chi connectivity index (χ1n) is 6.73. The second-order valence-corrected chi connectivity index (χ2v) is 6.12. The fraction of sp³-hybridized carbons (Fsp3) is 0.562. The molecular weight excluding hydrogens is 224 g/mol. The summed E-state index contributed by atoms with van der Waals surface area (Å²) in [6.45, 7) is 6.67.